The van der Waals surface area contributed by atoms with Gasteiger partial charge in [-0.3, -0.25) is 9.59 Å². The van der Waals surface area contributed by atoms with Gasteiger partial charge in [-0.2, -0.15) is 0 Å². The van der Waals surface area contributed by atoms with Crippen molar-refractivity contribution in [3.63, 3.8) is 0 Å². The molecule has 0 heterocycles. The summed E-state index contributed by atoms with van der Waals surface area (Å²) in [7, 11) is 5.95. The highest BCUT2D eigenvalue weighted by atomic mass is 16.7. The molecule has 0 aliphatic rings. The van der Waals surface area contributed by atoms with Crippen LogP contribution in [0.25, 0.3) is 0 Å². The van der Waals surface area contributed by atoms with Crippen molar-refractivity contribution >= 4 is 17.9 Å². The van der Waals surface area contributed by atoms with E-state index in [0.717, 1.165) is 77.0 Å². The van der Waals surface area contributed by atoms with Gasteiger partial charge in [0.15, 0.2) is 12.4 Å². The topological polar surface area (TPSA) is 111 Å². The number of rotatable bonds is 79. The summed E-state index contributed by atoms with van der Waals surface area (Å²) in [5.74, 6) is -2.26. The summed E-state index contributed by atoms with van der Waals surface area (Å²) in [6, 6.07) is 0. The first-order valence-electron chi connectivity index (χ1n) is 42.4. The molecule has 0 N–H and O–H groups in total. The second kappa shape index (κ2) is 79.9. The summed E-state index contributed by atoms with van der Waals surface area (Å²) in [6.07, 6.45) is 108. The van der Waals surface area contributed by atoms with Crippen LogP contribution in [0.2, 0.25) is 0 Å². The van der Waals surface area contributed by atoms with E-state index in [1.165, 1.54) is 289 Å². The molecule has 0 aromatic heterocycles. The molecule has 2 atom stereocenters. The Morgan fingerprint density at radius 2 is 0.576 bits per heavy atom. The minimum absolute atomic E-state index is 0.148. The van der Waals surface area contributed by atoms with E-state index in [-0.39, 0.29) is 32.2 Å². The van der Waals surface area contributed by atoms with Crippen LogP contribution in [-0.4, -0.2) is 82.3 Å². The van der Waals surface area contributed by atoms with Gasteiger partial charge in [0.25, 0.3) is 0 Å². The molecule has 99 heavy (non-hydrogen) atoms. The van der Waals surface area contributed by atoms with Gasteiger partial charge in [-0.1, -0.05) is 387 Å². The Labute approximate surface area is 613 Å². The number of nitrogens with zero attached hydrogens (tertiary/aromatic N) is 1. The third-order valence-corrected chi connectivity index (χ3v) is 18.8. The van der Waals surface area contributed by atoms with Gasteiger partial charge >= 0.3 is 11.9 Å². The zero-order valence-electron chi connectivity index (χ0n) is 65.9. The molecule has 0 saturated carbocycles. The quantitative estimate of drug-likeness (QED) is 0.0195. The van der Waals surface area contributed by atoms with Gasteiger partial charge in [0.05, 0.1) is 40.3 Å². The number of hydrogen-bond acceptors (Lipinski definition) is 8. The summed E-state index contributed by atoms with van der Waals surface area (Å²) in [6.45, 7) is 4.68. The van der Waals surface area contributed by atoms with E-state index in [9.17, 15) is 19.5 Å². The number of carbonyl (C=O) groups excluding carboxylic acids is 3. The molecule has 0 saturated heterocycles. The third-order valence-electron chi connectivity index (χ3n) is 18.8. The Balaban J connectivity index is 3.96. The van der Waals surface area contributed by atoms with Crippen LogP contribution < -0.4 is 5.11 Å². The summed E-state index contributed by atoms with van der Waals surface area (Å²) in [4.78, 5) is 37.7. The first-order valence-corrected chi connectivity index (χ1v) is 42.4. The average Bonchev–Trinajstić information content (AvgIpc) is 1.14. The zero-order valence-corrected chi connectivity index (χ0v) is 65.9. The molecule has 0 aliphatic carbocycles. The molecule has 0 radical (unpaired) electrons. The van der Waals surface area contributed by atoms with Crippen molar-refractivity contribution in [1.29, 1.82) is 0 Å². The first-order chi connectivity index (χ1) is 48.6. The molecule has 0 aromatic carbocycles. The Hall–Kier alpha value is -3.79. The van der Waals surface area contributed by atoms with Crippen LogP contribution in [0.1, 0.15) is 399 Å². The maximum absolute atomic E-state index is 13.0. The number of carbonyl (C=O) groups is 3. The molecular weight excluding hydrogens is 1220 g/mol. The largest absolute Gasteiger partial charge is 0.545 e. The number of ether oxygens (including phenoxy) is 4. The van der Waals surface area contributed by atoms with E-state index in [1.807, 2.05) is 21.1 Å². The van der Waals surface area contributed by atoms with Crippen LogP contribution in [0.4, 0.5) is 0 Å². The Bertz CT molecular complexity index is 1960. The molecule has 0 fully saturated rings. The van der Waals surface area contributed by atoms with Gasteiger partial charge in [-0.15, -0.1) is 0 Å². The van der Waals surface area contributed by atoms with E-state index in [4.69, 9.17) is 18.9 Å². The summed E-state index contributed by atoms with van der Waals surface area (Å²) >= 11 is 0. The lowest BCUT2D eigenvalue weighted by Crippen LogP contribution is -2.44. The van der Waals surface area contributed by atoms with Gasteiger partial charge in [0, 0.05) is 12.8 Å². The standard InChI is InChI=1S/C90H161NO8/c1-6-8-10-12-14-16-18-20-22-24-26-28-30-32-34-36-38-40-42-43-44-45-47-49-51-53-55-57-59-61-63-65-67-69-71-73-75-77-79-81-88(93)99-86(85-98-90(89(94)95)96-83-82-91(3,4)5)84-97-87(92)80-78-76-74-72-70-68-66-64-62-60-58-56-54-52-50-48-46-41-39-37-35-33-31-29-27-25-23-21-19-17-15-13-11-9-7-2/h8,10,14,16,19-22,25-28,32,34,38,40,86,90H,6-7,9,11-13,15,17-18,23-24,29-31,33,35-37,39,41-85H2,1-5H3/b10-8-,16-14-,21-19-,22-20-,27-25-,28-26-,34-32-,40-38-. The van der Waals surface area contributed by atoms with Crippen LogP contribution in [-0.2, 0) is 33.3 Å². The molecule has 0 rings (SSSR count). The van der Waals surface area contributed by atoms with Crippen molar-refractivity contribution in [2.45, 2.75) is 411 Å². The van der Waals surface area contributed by atoms with E-state index in [2.05, 4.69) is 111 Å². The highest BCUT2D eigenvalue weighted by Gasteiger charge is 2.22. The summed E-state index contributed by atoms with van der Waals surface area (Å²) in [5.41, 5.74) is 0. The second-order valence-electron chi connectivity index (χ2n) is 29.7. The molecule has 574 valence electrons. The molecule has 9 nitrogen and oxygen atoms in total. The maximum atomic E-state index is 13.0. The smallest absolute Gasteiger partial charge is 0.306 e. The molecular formula is C90H161NO8. The summed E-state index contributed by atoms with van der Waals surface area (Å²) in [5, 5.41) is 11.9. The predicted molar refractivity (Wildman–Crippen MR) is 426 cm³/mol. The van der Waals surface area contributed by atoms with Gasteiger partial charge in [-0.05, 0) is 96.3 Å². The van der Waals surface area contributed by atoms with Crippen LogP contribution in [0.15, 0.2) is 97.2 Å². The number of esters is 2. The van der Waals surface area contributed by atoms with Crippen LogP contribution in [0.5, 0.6) is 0 Å². The number of quaternary nitrogens is 1. The molecule has 0 aliphatic heterocycles. The fourth-order valence-corrected chi connectivity index (χ4v) is 12.4. The minimum atomic E-state index is -1.62. The second-order valence-corrected chi connectivity index (χ2v) is 29.7. The van der Waals surface area contributed by atoms with Crippen molar-refractivity contribution in [1.82, 2.24) is 0 Å². The van der Waals surface area contributed by atoms with Gasteiger partial charge in [0.1, 0.15) is 13.2 Å². The highest BCUT2D eigenvalue weighted by molar-refractivity contribution is 5.70. The van der Waals surface area contributed by atoms with E-state index >= 15 is 0 Å². The minimum Gasteiger partial charge on any atom is -0.545 e. The average molecular weight is 1390 g/mol. The molecule has 0 aromatic rings. The number of carboxylic acids is 1. The number of allylic oxidation sites excluding steroid dienone is 16. The van der Waals surface area contributed by atoms with E-state index in [0.29, 0.717) is 23.9 Å². The molecule has 0 amide bonds. The first kappa shape index (κ1) is 95.2. The van der Waals surface area contributed by atoms with Crippen molar-refractivity contribution in [3.8, 4) is 0 Å². The monoisotopic (exact) mass is 1380 g/mol. The number of aliphatic carboxylic acids is 1. The van der Waals surface area contributed by atoms with Crippen molar-refractivity contribution in [2.24, 2.45) is 0 Å². The maximum Gasteiger partial charge on any atom is 0.306 e. The van der Waals surface area contributed by atoms with E-state index < -0.39 is 24.3 Å². The number of carboxylic acid groups (broad SMARTS) is 1. The molecule has 9 heteroatoms. The Kier molecular flexibility index (Phi) is 76.8. The van der Waals surface area contributed by atoms with Crippen LogP contribution in [0, 0.1) is 0 Å². The Morgan fingerprint density at radius 3 is 0.859 bits per heavy atom. The lowest BCUT2D eigenvalue weighted by molar-refractivity contribution is -0.870. The molecule has 0 bridgehead atoms. The summed E-state index contributed by atoms with van der Waals surface area (Å²) < 4.78 is 22.9. The number of unbranched alkanes of at least 4 members (excludes halogenated alkanes) is 48. The number of likely N-dealkylation sites (N-methyl/N-ethyl adjacent to an activating group) is 1. The van der Waals surface area contributed by atoms with Crippen LogP contribution >= 0.6 is 0 Å². The highest BCUT2D eigenvalue weighted by Crippen LogP contribution is 2.20. The Morgan fingerprint density at radius 1 is 0.313 bits per heavy atom. The van der Waals surface area contributed by atoms with Crippen molar-refractivity contribution in [3.05, 3.63) is 97.2 Å². The molecule has 0 spiro atoms. The number of hydrogen-bond donors (Lipinski definition) is 0. The van der Waals surface area contributed by atoms with Crippen LogP contribution in [0.3, 0.4) is 0 Å². The van der Waals surface area contributed by atoms with Crippen molar-refractivity contribution < 1.29 is 42.9 Å². The zero-order chi connectivity index (χ0) is 71.8. The lowest BCUT2D eigenvalue weighted by Gasteiger charge is -2.26. The SMILES string of the molecule is CC/C=C\C/C=C\C/C=C\C/C=C\C/C=C\C/C=C\CCCCCCCCCCCCCCCCCCCCCCC(=O)OC(COC(=O)CCCCCCCCCCCCCCCCCCCCCCCCC/C=C\C/C=C\CCCCCCC)COC(OCC[N+](C)(C)C)C(=O)[O-]. The fourth-order valence-electron chi connectivity index (χ4n) is 12.4. The van der Waals surface area contributed by atoms with E-state index in [1.54, 1.807) is 0 Å². The fraction of sp³-hybridized carbons (Fsp3) is 0.789. The normalized spacial score (nSPS) is 13.1. The lowest BCUT2D eigenvalue weighted by atomic mass is 10.0. The van der Waals surface area contributed by atoms with Gasteiger partial charge < -0.3 is 33.3 Å². The predicted octanol–water partition coefficient (Wildman–Crippen LogP) is 26.2. The van der Waals surface area contributed by atoms with Crippen molar-refractivity contribution in [2.75, 3.05) is 47.5 Å². The van der Waals surface area contributed by atoms with Gasteiger partial charge in [0.2, 0.25) is 0 Å². The van der Waals surface area contributed by atoms with Gasteiger partial charge in [-0.25, -0.2) is 0 Å². The third kappa shape index (κ3) is 81.4. The molecule has 2 unspecified atom stereocenters.